The molecule has 6 rings (SSSR count). The fraction of sp³-hybridized carbons (Fsp3) is 0.345. The van der Waals surface area contributed by atoms with Crippen molar-refractivity contribution in [1.29, 1.82) is 0 Å². The van der Waals surface area contributed by atoms with Gasteiger partial charge >= 0.3 is 5.97 Å². The van der Waals surface area contributed by atoms with Gasteiger partial charge in [-0.2, -0.15) is 5.17 Å². The van der Waals surface area contributed by atoms with Gasteiger partial charge in [-0.3, -0.25) is 14.7 Å². The van der Waals surface area contributed by atoms with Crippen LogP contribution < -0.4 is 14.6 Å². The van der Waals surface area contributed by atoms with Crippen LogP contribution in [0.15, 0.2) is 48.7 Å². The zero-order valence-corrected chi connectivity index (χ0v) is 22.8. The number of piperidine rings is 1. The molecule has 0 radical (unpaired) electrons. The normalized spacial score (nSPS) is 16.1. The number of hydrogen-bond acceptors (Lipinski definition) is 8. The number of ether oxygens (including phenoxy) is 2. The molecule has 2 aromatic carbocycles. The summed E-state index contributed by atoms with van der Waals surface area (Å²) in [7, 11) is 0. The Labute approximate surface area is 242 Å². The summed E-state index contributed by atoms with van der Waals surface area (Å²) < 4.78 is 67.6. The van der Waals surface area contributed by atoms with Crippen LogP contribution in [0, 0.1) is 11.6 Å². The van der Waals surface area contributed by atoms with E-state index in [2.05, 4.69) is 14.9 Å². The van der Waals surface area contributed by atoms with Crippen LogP contribution in [-0.2, 0) is 18.0 Å². The Morgan fingerprint density at radius 3 is 2.53 bits per heavy atom. The van der Waals surface area contributed by atoms with E-state index in [-0.39, 0.29) is 29.5 Å². The number of benzene rings is 2. The van der Waals surface area contributed by atoms with E-state index in [9.17, 15) is 27.5 Å². The fourth-order valence-corrected chi connectivity index (χ4v) is 5.09. The molecule has 0 aliphatic carbocycles. The van der Waals surface area contributed by atoms with Crippen molar-refractivity contribution in [3.05, 3.63) is 82.9 Å². The van der Waals surface area contributed by atoms with E-state index >= 15 is 0 Å². The number of aromatic carboxylic acids is 1. The van der Waals surface area contributed by atoms with Crippen molar-refractivity contribution in [2.24, 2.45) is 0 Å². The molecule has 14 heteroatoms. The lowest BCUT2D eigenvalue weighted by Crippen LogP contribution is -2.49. The molecule has 10 nitrogen and oxygen atoms in total. The average Bonchev–Trinajstić information content (AvgIpc) is 3.30. The number of likely N-dealkylation sites (tertiary alicyclic amines) is 1. The van der Waals surface area contributed by atoms with Gasteiger partial charge in [0.15, 0.2) is 17.4 Å². The maximum Gasteiger partial charge on any atom is 0.335 e. The highest BCUT2D eigenvalue weighted by atomic mass is 19.3. The van der Waals surface area contributed by atoms with Gasteiger partial charge in [0.2, 0.25) is 0 Å². The third-order valence-corrected chi connectivity index (χ3v) is 7.32. The molecular weight excluding hydrogens is 574 g/mol. The summed E-state index contributed by atoms with van der Waals surface area (Å²) in [6, 6.07) is 8.79. The number of fused-ring (bicyclic) bond motifs is 1. The molecule has 43 heavy (non-hydrogen) atoms. The highest BCUT2D eigenvalue weighted by Crippen LogP contribution is 2.28. The third-order valence-electron chi connectivity index (χ3n) is 7.32. The molecule has 2 fully saturated rings. The lowest BCUT2D eigenvalue weighted by Gasteiger charge is -2.35. The molecule has 0 saturated carbocycles. The molecule has 2 aliphatic rings. The van der Waals surface area contributed by atoms with Gasteiger partial charge in [-0.05, 0) is 49.2 Å². The highest BCUT2D eigenvalue weighted by molar-refractivity contribution is 5.92. The van der Waals surface area contributed by atoms with Crippen LogP contribution in [0.2, 0.25) is 0 Å². The molecule has 2 saturated heterocycles. The van der Waals surface area contributed by atoms with Crippen molar-refractivity contribution in [2.45, 2.75) is 38.5 Å². The minimum absolute atomic E-state index is 0.0725. The van der Waals surface area contributed by atoms with E-state index < -0.39 is 29.6 Å². The fourth-order valence-electron chi connectivity index (χ4n) is 5.09. The predicted molar refractivity (Wildman–Crippen MR) is 145 cm³/mol. The number of alkyl halides is 2. The maximum atomic E-state index is 14.8. The Morgan fingerprint density at radius 2 is 1.86 bits per heavy atom. The second kappa shape index (κ2) is 12.1. The number of imidazole rings is 1. The molecule has 4 heterocycles. The van der Waals surface area contributed by atoms with Crippen LogP contribution in [0.25, 0.3) is 11.0 Å². The average molecular weight is 602 g/mol. The largest absolute Gasteiger partial charge is 0.490 e. The minimum Gasteiger partial charge on any atom is -0.490 e. The minimum atomic E-state index is -2.77. The third kappa shape index (κ3) is 6.20. The van der Waals surface area contributed by atoms with Gasteiger partial charge in [0.25, 0.3) is 6.43 Å². The zero-order chi connectivity index (χ0) is 30.1. The Hall–Kier alpha value is -4.43. The van der Waals surface area contributed by atoms with E-state index in [0.29, 0.717) is 68.4 Å². The monoisotopic (exact) mass is 601 g/mol. The van der Waals surface area contributed by atoms with Crippen LogP contribution in [0.3, 0.4) is 0 Å². The number of carboxylic acids is 1. The SMILES string of the molecule is O=C(O)c1cc(F)c2nc(CN3CCC(Oc4ccnc(COc5ccc(C(F)F)cc5F)c4)CC3)n(N3CCO3)c2c1. The van der Waals surface area contributed by atoms with Crippen LogP contribution in [0.4, 0.5) is 17.6 Å². The summed E-state index contributed by atoms with van der Waals surface area (Å²) >= 11 is 0. The molecule has 0 spiro atoms. The van der Waals surface area contributed by atoms with Crippen molar-refractivity contribution >= 4 is 17.0 Å². The van der Waals surface area contributed by atoms with Crippen molar-refractivity contribution in [2.75, 3.05) is 31.4 Å². The highest BCUT2D eigenvalue weighted by Gasteiger charge is 2.28. The van der Waals surface area contributed by atoms with Gasteiger partial charge in [-0.15, -0.1) is 0 Å². The van der Waals surface area contributed by atoms with Crippen molar-refractivity contribution in [1.82, 2.24) is 19.5 Å². The predicted octanol–water partition coefficient (Wildman–Crippen LogP) is 4.85. The Morgan fingerprint density at radius 1 is 1.07 bits per heavy atom. The summed E-state index contributed by atoms with van der Waals surface area (Å²) in [5.41, 5.74) is 0.307. The molecule has 4 aromatic rings. The topological polar surface area (TPSA) is 102 Å². The number of aromatic nitrogens is 3. The summed E-state index contributed by atoms with van der Waals surface area (Å²) in [6.07, 6.45) is 0.103. The summed E-state index contributed by atoms with van der Waals surface area (Å²) in [5.74, 6) is -1.86. The summed E-state index contributed by atoms with van der Waals surface area (Å²) in [6.45, 7) is 2.73. The van der Waals surface area contributed by atoms with Crippen molar-refractivity contribution < 1.29 is 41.8 Å². The van der Waals surface area contributed by atoms with E-state index in [1.807, 2.05) is 0 Å². The molecule has 2 aromatic heterocycles. The van der Waals surface area contributed by atoms with Crippen molar-refractivity contribution in [3.63, 3.8) is 0 Å². The second-order valence-corrected chi connectivity index (χ2v) is 10.2. The lowest BCUT2D eigenvalue weighted by atomic mass is 10.1. The Kier molecular flexibility index (Phi) is 8.04. The van der Waals surface area contributed by atoms with Gasteiger partial charge in [0, 0.05) is 30.9 Å². The van der Waals surface area contributed by atoms with Crippen LogP contribution >= 0.6 is 0 Å². The molecular formula is C29H27F4N5O5. The van der Waals surface area contributed by atoms with Crippen molar-refractivity contribution in [3.8, 4) is 11.5 Å². The smallest absolute Gasteiger partial charge is 0.335 e. The number of carboxylic acid groups (broad SMARTS) is 1. The van der Waals surface area contributed by atoms with Crippen LogP contribution in [0.5, 0.6) is 11.5 Å². The quantitative estimate of drug-likeness (QED) is 0.256. The molecule has 226 valence electrons. The van der Waals surface area contributed by atoms with Gasteiger partial charge in [0.1, 0.15) is 29.8 Å². The molecule has 0 bridgehead atoms. The number of halogens is 4. The van der Waals surface area contributed by atoms with E-state index in [1.165, 1.54) is 12.1 Å². The maximum absolute atomic E-state index is 14.8. The molecule has 1 N–H and O–H groups in total. The first-order valence-electron chi connectivity index (χ1n) is 13.6. The number of rotatable bonds is 10. The first-order valence-corrected chi connectivity index (χ1v) is 13.6. The molecule has 0 atom stereocenters. The molecule has 0 amide bonds. The first kappa shape index (κ1) is 28.7. The van der Waals surface area contributed by atoms with Crippen LogP contribution in [0.1, 0.15) is 46.7 Å². The zero-order valence-electron chi connectivity index (χ0n) is 22.8. The second-order valence-electron chi connectivity index (χ2n) is 10.2. The van der Waals surface area contributed by atoms with E-state index in [1.54, 1.807) is 28.2 Å². The number of carbonyl (C=O) groups is 1. The number of hydrogen-bond donors (Lipinski definition) is 1. The summed E-state index contributed by atoms with van der Waals surface area (Å²) in [5, 5.41) is 10.9. The Bertz CT molecular complexity index is 1640. The van der Waals surface area contributed by atoms with E-state index in [0.717, 1.165) is 18.2 Å². The lowest BCUT2D eigenvalue weighted by molar-refractivity contribution is -0.0279. The summed E-state index contributed by atoms with van der Waals surface area (Å²) in [4.78, 5) is 27.9. The standard InChI is InChI=1S/C29H27F4N5O5/c30-22-11-17(28(32)33)1-2-25(22)41-16-19-14-21(3-6-34-19)43-20-4-7-36(8-5-20)15-26-35-27-23(31)12-18(29(39)40)13-24(27)38(26)37-9-10-42-37/h1-3,6,11-14,20,28H,4-5,7-10,15-16H2,(H,39,40). The van der Waals surface area contributed by atoms with Crippen LogP contribution in [-0.4, -0.2) is 63.0 Å². The number of pyridine rings is 1. The Balaban J connectivity index is 1.07. The van der Waals surface area contributed by atoms with Gasteiger partial charge in [-0.25, -0.2) is 32.0 Å². The number of hydroxylamine groups is 1. The molecule has 2 aliphatic heterocycles. The molecule has 0 unspecified atom stereocenters. The van der Waals surface area contributed by atoms with Gasteiger partial charge < -0.3 is 14.6 Å². The van der Waals surface area contributed by atoms with Gasteiger partial charge in [-0.1, -0.05) is 0 Å². The first-order chi connectivity index (χ1) is 20.7. The van der Waals surface area contributed by atoms with E-state index in [4.69, 9.17) is 14.3 Å². The van der Waals surface area contributed by atoms with Gasteiger partial charge in [0.05, 0.1) is 36.5 Å². The number of nitrogens with zero attached hydrogens (tertiary/aromatic N) is 5.